The number of anilines is 1. The van der Waals surface area contributed by atoms with Crippen LogP contribution in [0.4, 0.5) is 15.3 Å². The minimum Gasteiger partial charge on any atom is -0.465 e. The van der Waals surface area contributed by atoms with Gasteiger partial charge < -0.3 is 30.0 Å². The normalized spacial score (nSPS) is 21.5. The third-order valence-corrected chi connectivity index (χ3v) is 12.2. The van der Waals surface area contributed by atoms with Crippen molar-refractivity contribution in [1.82, 2.24) is 19.6 Å². The summed E-state index contributed by atoms with van der Waals surface area (Å²) in [6, 6.07) is 12.9. The molecule has 3 atom stereocenters. The molecule has 0 bridgehead atoms. The smallest absolute Gasteiger partial charge is 0.407 e. The van der Waals surface area contributed by atoms with E-state index in [0.717, 1.165) is 71.1 Å². The highest BCUT2D eigenvalue weighted by atomic mass is 79.9. The second-order valence-electron chi connectivity index (χ2n) is 12.9. The van der Waals surface area contributed by atoms with Gasteiger partial charge in [-0.25, -0.2) is 9.59 Å². The number of hydrogen-bond acceptors (Lipinski definition) is 4. The van der Waals surface area contributed by atoms with Crippen LogP contribution < -0.4 is 5.32 Å². The van der Waals surface area contributed by atoms with Gasteiger partial charge in [0.05, 0.1) is 5.92 Å². The largest absolute Gasteiger partial charge is 0.465 e. The van der Waals surface area contributed by atoms with Crippen molar-refractivity contribution in [3.63, 3.8) is 0 Å². The van der Waals surface area contributed by atoms with Crippen LogP contribution in [0.25, 0.3) is 0 Å². The maximum atomic E-state index is 14.5. The van der Waals surface area contributed by atoms with Gasteiger partial charge in [-0.2, -0.15) is 0 Å². The fourth-order valence-corrected chi connectivity index (χ4v) is 8.18. The number of nitrogens with one attached hydrogen (secondary N) is 1. The van der Waals surface area contributed by atoms with Gasteiger partial charge in [0.15, 0.2) is 0 Å². The third-order valence-electron chi connectivity index (χ3n) is 10.3. The topological polar surface area (TPSA) is 96.4 Å². The van der Waals surface area contributed by atoms with Crippen molar-refractivity contribution in [2.45, 2.75) is 70.9 Å². The van der Waals surface area contributed by atoms with Crippen LogP contribution in [0, 0.1) is 11.8 Å². The van der Waals surface area contributed by atoms with Crippen LogP contribution in [0.3, 0.4) is 0 Å². The average Bonchev–Trinajstić information content (AvgIpc) is 3.23. The number of likely N-dealkylation sites (tertiary alicyclic amines) is 2. The van der Waals surface area contributed by atoms with Crippen LogP contribution >= 0.6 is 31.9 Å². The maximum Gasteiger partial charge on any atom is 0.407 e. The molecule has 9 nitrogen and oxygen atoms in total. The van der Waals surface area contributed by atoms with Crippen molar-refractivity contribution in [2.24, 2.45) is 11.8 Å². The molecule has 3 aliphatic heterocycles. The molecular formula is C35H47Br2N5O4. The van der Waals surface area contributed by atoms with Gasteiger partial charge in [0.25, 0.3) is 0 Å². The van der Waals surface area contributed by atoms with Crippen LogP contribution in [-0.4, -0.2) is 101 Å². The van der Waals surface area contributed by atoms with E-state index in [1.54, 1.807) is 0 Å². The molecule has 0 aliphatic carbocycles. The summed E-state index contributed by atoms with van der Waals surface area (Å²) in [5.41, 5.74) is 2.88. The summed E-state index contributed by atoms with van der Waals surface area (Å²) in [7, 11) is 0. The molecule has 3 heterocycles. The molecule has 0 radical (unpaired) electrons. The standard InChI is InChI=1S/C35H47Br2N5O4/c1-3-39(4-2)16-11-24-12-17-40(18-13-24)33(43)28(21-25-9-10-29(36)30(37)22-25)32-23-27(15-20-42(32)35(45)46)41-19-14-26-7-5-6-8-31(26)38-34(41)44/h5-10,22,24,27-28,32H,3-4,11-21,23H2,1-2H3,(H,38,44)(H,45,46)/t27?,28?,32-/m1/s1. The van der Waals surface area contributed by atoms with Gasteiger partial charge in [0.1, 0.15) is 0 Å². The number of hydrogen-bond donors (Lipinski definition) is 2. The molecular weight excluding hydrogens is 714 g/mol. The molecule has 4 amide bonds. The lowest BCUT2D eigenvalue weighted by atomic mass is 9.82. The summed E-state index contributed by atoms with van der Waals surface area (Å²) < 4.78 is 1.81. The molecule has 2 unspecified atom stereocenters. The lowest BCUT2D eigenvalue weighted by Crippen LogP contribution is -2.59. The maximum absolute atomic E-state index is 14.5. The van der Waals surface area contributed by atoms with Crippen molar-refractivity contribution >= 4 is 55.6 Å². The molecule has 2 fully saturated rings. The summed E-state index contributed by atoms with van der Waals surface area (Å²) in [5.74, 6) is 0.0445. The lowest BCUT2D eigenvalue weighted by molar-refractivity contribution is -0.140. The highest BCUT2D eigenvalue weighted by Crippen LogP contribution is 2.34. The molecule has 2 saturated heterocycles. The summed E-state index contributed by atoms with van der Waals surface area (Å²) in [5, 5.41) is 13.4. The van der Waals surface area contributed by atoms with E-state index in [0.29, 0.717) is 44.8 Å². The highest BCUT2D eigenvalue weighted by molar-refractivity contribution is 9.13. The van der Waals surface area contributed by atoms with Crippen LogP contribution in [0.15, 0.2) is 51.4 Å². The van der Waals surface area contributed by atoms with E-state index in [9.17, 15) is 19.5 Å². The number of benzene rings is 2. The number of halogens is 2. The quantitative estimate of drug-likeness (QED) is 0.274. The Kier molecular flexibility index (Phi) is 12.1. The third kappa shape index (κ3) is 8.26. The zero-order valence-corrected chi connectivity index (χ0v) is 30.1. The monoisotopic (exact) mass is 759 g/mol. The molecule has 11 heteroatoms. The Labute approximate surface area is 289 Å². The molecule has 46 heavy (non-hydrogen) atoms. The van der Waals surface area contributed by atoms with Crippen LogP contribution in [0.5, 0.6) is 0 Å². The van der Waals surface area contributed by atoms with Gasteiger partial charge in [-0.15, -0.1) is 0 Å². The second kappa shape index (κ2) is 16.0. The van der Waals surface area contributed by atoms with Gasteiger partial charge >= 0.3 is 12.1 Å². The SMILES string of the molecule is CCN(CC)CCC1CCN(C(=O)C(Cc2ccc(Br)c(Br)c2)[C@H]2CC(N3CCc4ccccc4NC3=O)CCN2C(=O)O)CC1. The number of carbonyl (C=O) groups is 3. The summed E-state index contributed by atoms with van der Waals surface area (Å²) in [4.78, 5) is 48.4. The summed E-state index contributed by atoms with van der Waals surface area (Å²) in [6.45, 7) is 9.80. The van der Waals surface area contributed by atoms with Crippen molar-refractivity contribution in [1.29, 1.82) is 0 Å². The first kappa shape index (κ1) is 34.7. The number of nitrogens with zero attached hydrogens (tertiary/aromatic N) is 4. The van der Waals surface area contributed by atoms with Gasteiger partial charge in [-0.1, -0.05) is 38.1 Å². The molecule has 2 aromatic rings. The highest BCUT2D eigenvalue weighted by Gasteiger charge is 2.44. The minimum atomic E-state index is -1.01. The number of piperidine rings is 2. The molecule has 5 rings (SSSR count). The Bertz CT molecular complexity index is 1380. The van der Waals surface area contributed by atoms with Gasteiger partial charge in [-0.05, 0) is 132 Å². The van der Waals surface area contributed by atoms with Crippen molar-refractivity contribution < 1.29 is 19.5 Å². The van der Waals surface area contributed by atoms with Gasteiger partial charge in [0.2, 0.25) is 5.91 Å². The zero-order chi connectivity index (χ0) is 32.8. The van der Waals surface area contributed by atoms with E-state index in [4.69, 9.17) is 0 Å². The Balaban J connectivity index is 1.37. The molecule has 2 aromatic carbocycles. The van der Waals surface area contributed by atoms with Gasteiger partial charge in [0, 0.05) is 52.9 Å². The van der Waals surface area contributed by atoms with Crippen molar-refractivity contribution in [3.05, 3.63) is 62.5 Å². The molecule has 250 valence electrons. The number of carboxylic acid groups (broad SMARTS) is 1. The van der Waals surface area contributed by atoms with Gasteiger partial charge in [-0.3, -0.25) is 4.79 Å². The number of amides is 4. The van der Waals surface area contributed by atoms with Crippen LogP contribution in [-0.2, 0) is 17.6 Å². The number of para-hydroxylation sites is 1. The fourth-order valence-electron chi connectivity index (χ4n) is 7.51. The zero-order valence-electron chi connectivity index (χ0n) is 27.0. The van der Waals surface area contributed by atoms with E-state index in [1.807, 2.05) is 52.3 Å². The molecule has 2 N–H and O–H groups in total. The first-order chi connectivity index (χ1) is 22.2. The fraction of sp³-hybridized carbons (Fsp3) is 0.571. The van der Waals surface area contributed by atoms with E-state index in [1.165, 1.54) is 4.90 Å². The first-order valence-electron chi connectivity index (χ1n) is 16.8. The average molecular weight is 762 g/mol. The molecule has 0 aromatic heterocycles. The predicted molar refractivity (Wildman–Crippen MR) is 188 cm³/mol. The molecule has 0 saturated carbocycles. The Morgan fingerprint density at radius 1 is 1.00 bits per heavy atom. The van der Waals surface area contributed by atoms with Crippen LogP contribution in [0.2, 0.25) is 0 Å². The Morgan fingerprint density at radius 2 is 1.74 bits per heavy atom. The second-order valence-corrected chi connectivity index (χ2v) is 14.6. The Hall–Kier alpha value is -2.63. The first-order valence-corrected chi connectivity index (χ1v) is 18.4. The number of carbonyl (C=O) groups excluding carboxylic acids is 2. The predicted octanol–water partition coefficient (Wildman–Crippen LogP) is 6.94. The van der Waals surface area contributed by atoms with Crippen molar-refractivity contribution in [2.75, 3.05) is 51.1 Å². The van der Waals surface area contributed by atoms with E-state index < -0.39 is 18.1 Å². The number of fused-ring (bicyclic) bond motifs is 1. The molecule has 3 aliphatic rings. The minimum absolute atomic E-state index is 0.0193. The number of urea groups is 1. The summed E-state index contributed by atoms with van der Waals surface area (Å²) >= 11 is 7.16. The van der Waals surface area contributed by atoms with E-state index >= 15 is 0 Å². The lowest BCUT2D eigenvalue weighted by Gasteiger charge is -2.45. The Morgan fingerprint density at radius 3 is 2.43 bits per heavy atom. The summed E-state index contributed by atoms with van der Waals surface area (Å²) in [6.07, 6.45) is 4.16. The van der Waals surface area contributed by atoms with E-state index in [-0.39, 0.29) is 24.5 Å². The van der Waals surface area contributed by atoms with Crippen molar-refractivity contribution in [3.8, 4) is 0 Å². The van der Waals surface area contributed by atoms with Crippen LogP contribution in [0.1, 0.15) is 57.1 Å². The van der Waals surface area contributed by atoms with E-state index in [2.05, 4.69) is 55.9 Å². The number of rotatable bonds is 10. The molecule has 0 spiro atoms.